The predicted octanol–water partition coefficient (Wildman–Crippen LogP) is 4.23. The average molecular weight is 430 g/mol. The van der Waals surface area contributed by atoms with Gasteiger partial charge in [-0.1, -0.05) is 0 Å². The molecule has 3 heterocycles. The molecule has 1 fully saturated rings. The molecular weight excluding hydrogens is 416 g/mol. The van der Waals surface area contributed by atoms with Crippen molar-refractivity contribution < 1.29 is 22.3 Å². The molecule has 1 saturated carbocycles. The van der Waals surface area contributed by atoms with Crippen LogP contribution in [-0.4, -0.2) is 19.5 Å². The molecule has 0 saturated heterocycles. The molecule has 1 N–H and O–H groups in total. The number of nitrogens with one attached hydrogen (secondary N) is 1. The molecular formula is C20H14F4N6O. The summed E-state index contributed by atoms with van der Waals surface area (Å²) in [5.74, 6) is 0.548. The topological polar surface area (TPSA) is 82.6 Å². The number of rotatable bonds is 4. The normalized spacial score (nSPS) is 14.2. The van der Waals surface area contributed by atoms with Gasteiger partial charge in [0, 0.05) is 17.7 Å². The molecule has 0 radical (unpaired) electrons. The van der Waals surface area contributed by atoms with E-state index in [1.807, 2.05) is 0 Å². The van der Waals surface area contributed by atoms with E-state index in [4.69, 9.17) is 0 Å². The largest absolute Gasteiger partial charge is 0.619 e. The zero-order chi connectivity index (χ0) is 21.8. The van der Waals surface area contributed by atoms with Crippen molar-refractivity contribution >= 4 is 22.7 Å². The zero-order valence-corrected chi connectivity index (χ0v) is 15.8. The summed E-state index contributed by atoms with van der Waals surface area (Å²) >= 11 is 0. The molecule has 1 aliphatic carbocycles. The van der Waals surface area contributed by atoms with E-state index in [0.29, 0.717) is 27.4 Å². The minimum Gasteiger partial charge on any atom is -0.619 e. The van der Waals surface area contributed by atoms with Crippen LogP contribution in [0.5, 0.6) is 0 Å². The van der Waals surface area contributed by atoms with Gasteiger partial charge in [0.25, 0.3) is 0 Å². The van der Waals surface area contributed by atoms with Gasteiger partial charge in [0.15, 0.2) is 11.5 Å². The Morgan fingerprint density at radius 1 is 1.10 bits per heavy atom. The zero-order valence-electron chi connectivity index (χ0n) is 15.8. The van der Waals surface area contributed by atoms with Gasteiger partial charge in [-0.05, 0) is 37.1 Å². The third-order valence-corrected chi connectivity index (χ3v) is 4.89. The Morgan fingerprint density at radius 2 is 1.84 bits per heavy atom. The molecule has 31 heavy (non-hydrogen) atoms. The van der Waals surface area contributed by atoms with Crippen molar-refractivity contribution in [3.63, 3.8) is 0 Å². The van der Waals surface area contributed by atoms with Crippen LogP contribution in [0.25, 0.3) is 17.0 Å². The smallest absolute Gasteiger partial charge is 0.416 e. The first-order chi connectivity index (χ1) is 14.8. The third kappa shape index (κ3) is 3.74. The van der Waals surface area contributed by atoms with E-state index < -0.39 is 17.6 Å². The highest BCUT2D eigenvalue weighted by molar-refractivity contribution is 5.74. The molecule has 0 spiro atoms. The number of aromatic nitrogens is 5. The van der Waals surface area contributed by atoms with Gasteiger partial charge < -0.3 is 10.5 Å². The van der Waals surface area contributed by atoms with Crippen molar-refractivity contribution in [3.8, 4) is 5.82 Å². The van der Waals surface area contributed by atoms with Crippen LogP contribution < -0.4 is 10.0 Å². The second kappa shape index (κ2) is 6.89. The van der Waals surface area contributed by atoms with Crippen molar-refractivity contribution in [2.45, 2.75) is 24.9 Å². The van der Waals surface area contributed by atoms with Gasteiger partial charge in [-0.3, -0.25) is 4.57 Å². The van der Waals surface area contributed by atoms with Gasteiger partial charge >= 0.3 is 6.18 Å². The number of fused-ring (bicyclic) bond motifs is 1. The van der Waals surface area contributed by atoms with Crippen LogP contribution in [0, 0.1) is 11.0 Å². The minimum absolute atomic E-state index is 0.111. The van der Waals surface area contributed by atoms with Gasteiger partial charge in [-0.25, -0.2) is 19.3 Å². The van der Waals surface area contributed by atoms with E-state index in [0.717, 1.165) is 37.4 Å². The molecule has 158 valence electrons. The Kier molecular flexibility index (Phi) is 4.27. The summed E-state index contributed by atoms with van der Waals surface area (Å²) in [5.41, 5.74) is 0.250. The Hall–Kier alpha value is -3.76. The fourth-order valence-electron chi connectivity index (χ4n) is 3.32. The maximum Gasteiger partial charge on any atom is 0.416 e. The number of benzene rings is 1. The highest BCUT2D eigenvalue weighted by atomic mass is 19.4. The molecule has 0 aliphatic heterocycles. The number of anilines is 2. The summed E-state index contributed by atoms with van der Waals surface area (Å²) in [6.07, 6.45) is 0.810. The SMILES string of the molecule is [O-][n+]1cc(Nc2ccc(C(F)(F)F)cc2)nc(-n2c(C3CC3)nc3ncc(F)cc32)c1. The maximum absolute atomic E-state index is 13.8. The quantitative estimate of drug-likeness (QED) is 0.298. The Labute approximate surface area is 172 Å². The van der Waals surface area contributed by atoms with Gasteiger partial charge in [0.1, 0.15) is 11.6 Å². The van der Waals surface area contributed by atoms with Gasteiger partial charge in [-0.2, -0.15) is 17.9 Å². The van der Waals surface area contributed by atoms with Crippen molar-refractivity contribution in [1.29, 1.82) is 0 Å². The summed E-state index contributed by atoms with van der Waals surface area (Å²) in [6, 6.07) is 5.62. The van der Waals surface area contributed by atoms with Crippen molar-refractivity contribution in [2.24, 2.45) is 0 Å². The summed E-state index contributed by atoms with van der Waals surface area (Å²) in [6.45, 7) is 0. The molecule has 0 bridgehead atoms. The highest BCUT2D eigenvalue weighted by Gasteiger charge is 2.32. The first kappa shape index (κ1) is 19.2. The molecule has 11 heteroatoms. The predicted molar refractivity (Wildman–Crippen MR) is 102 cm³/mol. The van der Waals surface area contributed by atoms with Crippen LogP contribution in [0.1, 0.15) is 30.1 Å². The molecule has 1 aliphatic rings. The van der Waals surface area contributed by atoms with Crippen molar-refractivity contribution in [3.05, 3.63) is 71.3 Å². The summed E-state index contributed by atoms with van der Waals surface area (Å²) in [5, 5.41) is 15.1. The molecule has 0 atom stereocenters. The standard InChI is InChI=1S/C20H14F4N6O/c21-13-7-15-18(25-8-13)28-19(11-1-2-11)30(15)17-10-29(31)9-16(27-17)26-14-5-3-12(4-6-14)20(22,23)24/h3-11H,1-2H2,(H,26,27). The number of halogens is 4. The number of hydrogen-bond donors (Lipinski definition) is 1. The van der Waals surface area contributed by atoms with Crippen LogP contribution in [-0.2, 0) is 6.18 Å². The molecule has 5 rings (SSSR count). The number of hydrogen-bond acceptors (Lipinski definition) is 5. The van der Waals surface area contributed by atoms with Crippen LogP contribution in [0.15, 0.2) is 48.9 Å². The molecule has 7 nitrogen and oxygen atoms in total. The second-order valence-electron chi connectivity index (χ2n) is 7.25. The number of nitrogens with zero attached hydrogens (tertiary/aromatic N) is 5. The Balaban J connectivity index is 1.55. The third-order valence-electron chi connectivity index (χ3n) is 4.89. The van der Waals surface area contributed by atoms with Crippen molar-refractivity contribution in [2.75, 3.05) is 5.32 Å². The molecule has 0 unspecified atom stereocenters. The second-order valence-corrected chi connectivity index (χ2v) is 7.25. The summed E-state index contributed by atoms with van der Waals surface area (Å²) in [4.78, 5) is 12.9. The average Bonchev–Trinajstić information content (AvgIpc) is 3.48. The van der Waals surface area contributed by atoms with Crippen LogP contribution in [0.3, 0.4) is 0 Å². The van der Waals surface area contributed by atoms with Crippen molar-refractivity contribution in [1.82, 2.24) is 19.5 Å². The number of pyridine rings is 1. The lowest BCUT2D eigenvalue weighted by Gasteiger charge is -2.11. The minimum atomic E-state index is -4.44. The Morgan fingerprint density at radius 3 is 2.52 bits per heavy atom. The van der Waals surface area contributed by atoms with Gasteiger partial charge in [0.05, 0.1) is 17.3 Å². The summed E-state index contributed by atoms with van der Waals surface area (Å²) < 4.78 is 54.2. The fraction of sp³-hybridized carbons (Fsp3) is 0.200. The molecule has 0 amide bonds. The van der Waals surface area contributed by atoms with E-state index in [1.54, 1.807) is 4.57 Å². The van der Waals surface area contributed by atoms with E-state index >= 15 is 0 Å². The fourth-order valence-corrected chi connectivity index (χ4v) is 3.32. The molecule has 4 aromatic rings. The number of imidazole rings is 1. The lowest BCUT2D eigenvalue weighted by atomic mass is 10.2. The first-order valence-electron chi connectivity index (χ1n) is 9.37. The van der Waals surface area contributed by atoms with E-state index in [9.17, 15) is 22.8 Å². The molecule has 1 aromatic carbocycles. The van der Waals surface area contributed by atoms with E-state index in [1.165, 1.54) is 24.4 Å². The highest BCUT2D eigenvalue weighted by Crippen LogP contribution is 2.41. The molecule has 3 aromatic heterocycles. The van der Waals surface area contributed by atoms with E-state index in [-0.39, 0.29) is 17.6 Å². The lowest BCUT2D eigenvalue weighted by molar-refractivity contribution is -0.604. The monoisotopic (exact) mass is 430 g/mol. The number of alkyl halides is 3. The van der Waals surface area contributed by atoms with Crippen LogP contribution >= 0.6 is 0 Å². The maximum atomic E-state index is 13.8. The Bertz CT molecular complexity index is 1280. The van der Waals surface area contributed by atoms with Gasteiger partial charge in [0.2, 0.25) is 18.2 Å². The first-order valence-corrected chi connectivity index (χ1v) is 9.37. The van der Waals surface area contributed by atoms with Crippen LogP contribution in [0.2, 0.25) is 0 Å². The van der Waals surface area contributed by atoms with E-state index in [2.05, 4.69) is 20.3 Å². The van der Waals surface area contributed by atoms with Crippen LogP contribution in [0.4, 0.5) is 29.1 Å². The van der Waals surface area contributed by atoms with Gasteiger partial charge in [-0.15, -0.1) is 0 Å². The lowest BCUT2D eigenvalue weighted by Crippen LogP contribution is -2.27. The summed E-state index contributed by atoms with van der Waals surface area (Å²) in [7, 11) is 0.